The van der Waals surface area contributed by atoms with Gasteiger partial charge in [-0.3, -0.25) is 0 Å². The number of aliphatic hydroxyl groups excluding tert-OH is 1. The summed E-state index contributed by atoms with van der Waals surface area (Å²) in [7, 11) is 0. The molecule has 0 amide bonds. The van der Waals surface area contributed by atoms with Crippen LogP contribution in [0.1, 0.15) is 45.4 Å². The molecule has 3 rings (SSSR count). The van der Waals surface area contributed by atoms with E-state index in [1.165, 1.54) is 23.7 Å². The maximum atomic E-state index is 7.57. The van der Waals surface area contributed by atoms with E-state index < -0.39 is 0 Å². The second-order valence-corrected chi connectivity index (χ2v) is 4.91. The number of hydrogen-bond acceptors (Lipinski definition) is 1. The molecule has 4 unspecified atom stereocenters. The van der Waals surface area contributed by atoms with Crippen LogP contribution in [-0.4, -0.2) is 11.7 Å². The largest absolute Gasteiger partial charge is 0.397 e. The summed E-state index contributed by atoms with van der Waals surface area (Å²) in [6.45, 7) is 1.93. The second-order valence-electron chi connectivity index (χ2n) is 4.91. The van der Waals surface area contributed by atoms with Crippen molar-refractivity contribution < 1.29 is 5.11 Å². The summed E-state index contributed by atoms with van der Waals surface area (Å²) in [6.07, 6.45) is 9.53. The summed E-state index contributed by atoms with van der Waals surface area (Å²) < 4.78 is 0. The van der Waals surface area contributed by atoms with E-state index in [1.807, 2.05) is 0 Å². The molecule has 0 aromatic rings. The highest BCUT2D eigenvalue weighted by molar-refractivity contribution is 4.98. The Bertz CT molecular complexity index is 151. The Hall–Kier alpha value is -0.0400. The van der Waals surface area contributed by atoms with Crippen LogP contribution < -0.4 is 0 Å². The summed E-state index contributed by atoms with van der Waals surface area (Å²) >= 11 is 0. The van der Waals surface area contributed by atoms with Gasteiger partial charge in [-0.15, -0.1) is 0 Å². The first-order valence-corrected chi connectivity index (χ1v) is 5.97. The van der Waals surface area contributed by atoms with E-state index in [1.54, 1.807) is 45.4 Å². The van der Waals surface area contributed by atoms with Crippen LogP contribution in [0, 0.1) is 23.7 Å². The molecule has 1 heteroatoms. The van der Waals surface area contributed by atoms with E-state index in [0.29, 0.717) is 0 Å². The molecule has 76 valence electrons. The molecule has 3 fully saturated rings. The van der Waals surface area contributed by atoms with Crippen molar-refractivity contribution in [2.45, 2.75) is 45.4 Å². The SMILES string of the molecule is C1CC2C3CCC(C3)C2C1.CCO. The van der Waals surface area contributed by atoms with E-state index >= 15 is 0 Å². The molecule has 0 radical (unpaired) electrons. The molecule has 1 nitrogen and oxygen atoms in total. The Labute approximate surface area is 81.5 Å². The molecule has 3 aliphatic rings. The topological polar surface area (TPSA) is 20.2 Å². The lowest BCUT2D eigenvalue weighted by atomic mass is 9.82. The number of aliphatic hydroxyl groups is 1. The second kappa shape index (κ2) is 4.00. The van der Waals surface area contributed by atoms with E-state index in [9.17, 15) is 0 Å². The van der Waals surface area contributed by atoms with Crippen LogP contribution in [0.15, 0.2) is 0 Å². The third-order valence-electron chi connectivity index (χ3n) is 4.35. The molecule has 0 saturated heterocycles. The lowest BCUT2D eigenvalue weighted by molar-refractivity contribution is 0.259. The molecular weight excluding hydrogens is 160 g/mol. The van der Waals surface area contributed by atoms with Gasteiger partial charge in [0.1, 0.15) is 0 Å². The van der Waals surface area contributed by atoms with Gasteiger partial charge in [0.15, 0.2) is 0 Å². The Morgan fingerprint density at radius 1 is 1.00 bits per heavy atom. The predicted octanol–water partition coefficient (Wildman–Crippen LogP) is 2.83. The van der Waals surface area contributed by atoms with Crippen molar-refractivity contribution in [3.8, 4) is 0 Å². The zero-order chi connectivity index (χ0) is 9.26. The predicted molar refractivity (Wildman–Crippen MR) is 54.4 cm³/mol. The molecular formula is C12H22O. The summed E-state index contributed by atoms with van der Waals surface area (Å²) in [5.41, 5.74) is 0. The monoisotopic (exact) mass is 182 g/mol. The first-order chi connectivity index (χ1) is 6.36. The minimum atomic E-state index is 0.250. The first-order valence-electron chi connectivity index (χ1n) is 5.97. The van der Waals surface area contributed by atoms with Crippen molar-refractivity contribution in [3.63, 3.8) is 0 Å². The van der Waals surface area contributed by atoms with Crippen LogP contribution in [0.2, 0.25) is 0 Å². The summed E-state index contributed by atoms with van der Waals surface area (Å²) in [6, 6.07) is 0. The van der Waals surface area contributed by atoms with Crippen molar-refractivity contribution in [1.82, 2.24) is 0 Å². The molecule has 1 N–H and O–H groups in total. The fraction of sp³-hybridized carbons (Fsp3) is 1.00. The molecule has 4 atom stereocenters. The highest BCUT2D eigenvalue weighted by atomic mass is 16.2. The minimum absolute atomic E-state index is 0.250. The van der Waals surface area contributed by atoms with Gasteiger partial charge in [-0.1, -0.05) is 6.42 Å². The standard InChI is InChI=1S/C10H16.C2H6O/c1-2-9-7-4-5-8(6-7)10(9)3-1;1-2-3/h7-10H,1-6H2;3H,2H2,1H3. The molecule has 0 aromatic heterocycles. The van der Waals surface area contributed by atoms with Crippen LogP contribution in [0.25, 0.3) is 0 Å². The lowest BCUT2D eigenvalue weighted by Gasteiger charge is -2.23. The Kier molecular flexibility index (Phi) is 2.92. The van der Waals surface area contributed by atoms with Crippen molar-refractivity contribution in [3.05, 3.63) is 0 Å². The highest BCUT2D eigenvalue weighted by Crippen LogP contribution is 2.58. The van der Waals surface area contributed by atoms with Gasteiger partial charge in [0.05, 0.1) is 0 Å². The van der Waals surface area contributed by atoms with Gasteiger partial charge in [0, 0.05) is 6.61 Å². The van der Waals surface area contributed by atoms with E-state index in [4.69, 9.17) is 5.11 Å². The third kappa shape index (κ3) is 1.63. The Morgan fingerprint density at radius 2 is 1.46 bits per heavy atom. The van der Waals surface area contributed by atoms with Gasteiger partial charge in [0.2, 0.25) is 0 Å². The summed E-state index contributed by atoms with van der Waals surface area (Å²) in [5, 5.41) is 7.57. The van der Waals surface area contributed by atoms with E-state index in [0.717, 1.165) is 0 Å². The van der Waals surface area contributed by atoms with Crippen LogP contribution in [0.3, 0.4) is 0 Å². The minimum Gasteiger partial charge on any atom is -0.397 e. The maximum absolute atomic E-state index is 7.57. The van der Waals surface area contributed by atoms with Gasteiger partial charge in [-0.25, -0.2) is 0 Å². The normalized spacial score (nSPS) is 45.7. The van der Waals surface area contributed by atoms with Crippen LogP contribution >= 0.6 is 0 Å². The van der Waals surface area contributed by atoms with Crippen LogP contribution in [0.4, 0.5) is 0 Å². The molecule has 0 aliphatic heterocycles. The maximum Gasteiger partial charge on any atom is 0.0402 e. The summed E-state index contributed by atoms with van der Waals surface area (Å²) in [5.74, 6) is 4.80. The van der Waals surface area contributed by atoms with Gasteiger partial charge < -0.3 is 5.11 Å². The van der Waals surface area contributed by atoms with Crippen molar-refractivity contribution in [1.29, 1.82) is 0 Å². The summed E-state index contributed by atoms with van der Waals surface area (Å²) in [4.78, 5) is 0. The lowest BCUT2D eigenvalue weighted by Crippen LogP contribution is -2.15. The Morgan fingerprint density at radius 3 is 1.92 bits per heavy atom. The van der Waals surface area contributed by atoms with Crippen molar-refractivity contribution in [2.75, 3.05) is 6.61 Å². The molecule has 0 heterocycles. The zero-order valence-electron chi connectivity index (χ0n) is 8.71. The fourth-order valence-corrected chi connectivity index (χ4v) is 4.02. The quantitative estimate of drug-likeness (QED) is 0.611. The Balaban J connectivity index is 0.000000196. The zero-order valence-corrected chi connectivity index (χ0v) is 8.71. The molecule has 3 saturated carbocycles. The molecule has 3 aliphatic carbocycles. The average Bonchev–Trinajstić information content (AvgIpc) is 2.79. The number of hydrogen-bond donors (Lipinski definition) is 1. The van der Waals surface area contributed by atoms with Crippen molar-refractivity contribution >= 4 is 0 Å². The average molecular weight is 182 g/mol. The van der Waals surface area contributed by atoms with Gasteiger partial charge in [0.25, 0.3) is 0 Å². The van der Waals surface area contributed by atoms with Crippen LogP contribution in [-0.2, 0) is 0 Å². The van der Waals surface area contributed by atoms with Gasteiger partial charge in [-0.05, 0) is 62.7 Å². The molecule has 0 aromatic carbocycles. The van der Waals surface area contributed by atoms with Crippen molar-refractivity contribution in [2.24, 2.45) is 23.7 Å². The highest BCUT2D eigenvalue weighted by Gasteiger charge is 2.48. The van der Waals surface area contributed by atoms with Crippen LogP contribution in [0.5, 0.6) is 0 Å². The van der Waals surface area contributed by atoms with Gasteiger partial charge in [-0.2, -0.15) is 0 Å². The third-order valence-corrected chi connectivity index (χ3v) is 4.35. The van der Waals surface area contributed by atoms with E-state index in [2.05, 4.69) is 0 Å². The molecule has 2 bridgehead atoms. The first kappa shape index (κ1) is 9.51. The smallest absolute Gasteiger partial charge is 0.0402 e. The van der Waals surface area contributed by atoms with E-state index in [-0.39, 0.29) is 6.61 Å². The van der Waals surface area contributed by atoms with Gasteiger partial charge >= 0.3 is 0 Å². The fourth-order valence-electron chi connectivity index (χ4n) is 4.02. The number of fused-ring (bicyclic) bond motifs is 5. The number of rotatable bonds is 0. The molecule has 0 spiro atoms. The molecule has 13 heavy (non-hydrogen) atoms.